The molecule has 0 saturated carbocycles. The van der Waals surface area contributed by atoms with Crippen LogP contribution < -0.4 is 4.74 Å². The van der Waals surface area contributed by atoms with Crippen molar-refractivity contribution in [1.29, 1.82) is 0 Å². The first-order chi connectivity index (χ1) is 8.37. The van der Waals surface area contributed by atoms with Crippen molar-refractivity contribution in [2.75, 3.05) is 6.61 Å². The molecule has 0 atom stereocenters. The van der Waals surface area contributed by atoms with Gasteiger partial charge in [-0.1, -0.05) is 23.4 Å². The van der Waals surface area contributed by atoms with Crippen LogP contribution in [0.15, 0.2) is 24.3 Å². The van der Waals surface area contributed by atoms with Gasteiger partial charge >= 0.3 is 0 Å². The van der Waals surface area contributed by atoms with Gasteiger partial charge < -0.3 is 4.74 Å². The van der Waals surface area contributed by atoms with E-state index < -0.39 is 0 Å². The minimum atomic E-state index is -0.0721. The molecule has 1 aromatic carbocycles. The monoisotopic (exact) mass is 264 g/mol. The van der Waals surface area contributed by atoms with Crippen LogP contribution in [0, 0.1) is 17.3 Å². The van der Waals surface area contributed by atoms with Crippen molar-refractivity contribution in [3.8, 4) is 17.6 Å². The van der Waals surface area contributed by atoms with Crippen LogP contribution >= 0.6 is 11.6 Å². The molecule has 18 heavy (non-hydrogen) atoms. The Labute approximate surface area is 113 Å². The van der Waals surface area contributed by atoms with E-state index in [1.165, 1.54) is 0 Å². The maximum absolute atomic E-state index is 11.5. The van der Waals surface area contributed by atoms with Crippen molar-refractivity contribution in [3.05, 3.63) is 29.3 Å². The number of Topliss-reactive ketones (excluding diaryl/α,β-unsaturated/α-hetero) is 1. The second-order valence-electron chi connectivity index (χ2n) is 5.01. The molecule has 0 amide bonds. The Morgan fingerprint density at radius 1 is 1.28 bits per heavy atom. The zero-order chi connectivity index (χ0) is 13.6. The summed E-state index contributed by atoms with van der Waals surface area (Å²) >= 11 is 5.74. The Morgan fingerprint density at radius 2 is 1.89 bits per heavy atom. The third-order valence-electron chi connectivity index (χ3n) is 1.96. The van der Waals surface area contributed by atoms with Gasteiger partial charge in [-0.15, -0.1) is 0 Å². The van der Waals surface area contributed by atoms with Crippen molar-refractivity contribution < 1.29 is 9.53 Å². The smallest absolute Gasteiger partial charge is 0.182 e. The van der Waals surface area contributed by atoms with E-state index >= 15 is 0 Å². The maximum atomic E-state index is 11.5. The largest absolute Gasteiger partial charge is 0.486 e. The quantitative estimate of drug-likeness (QED) is 0.775. The molecule has 0 aliphatic rings. The van der Waals surface area contributed by atoms with Gasteiger partial charge in [-0.3, -0.25) is 4.79 Å². The highest BCUT2D eigenvalue weighted by molar-refractivity contribution is 6.30. The number of rotatable bonds is 4. The van der Waals surface area contributed by atoms with E-state index in [9.17, 15) is 4.79 Å². The first kappa shape index (κ1) is 14.6. The summed E-state index contributed by atoms with van der Waals surface area (Å²) < 4.78 is 5.33. The third kappa shape index (κ3) is 6.32. The van der Waals surface area contributed by atoms with Crippen molar-refractivity contribution in [2.45, 2.75) is 27.2 Å². The van der Waals surface area contributed by atoms with E-state index in [2.05, 4.69) is 11.8 Å². The Kier molecular flexibility index (Phi) is 5.25. The number of ketones is 1. The molecule has 1 rings (SSSR count). The fourth-order valence-corrected chi connectivity index (χ4v) is 1.28. The predicted molar refractivity (Wildman–Crippen MR) is 73.8 cm³/mol. The van der Waals surface area contributed by atoms with Gasteiger partial charge in [-0.25, -0.2) is 0 Å². The number of carbonyl (C=O) groups is 1. The molecule has 1 aromatic rings. The first-order valence-corrected chi connectivity index (χ1v) is 6.15. The number of hydrogen-bond donors (Lipinski definition) is 0. The van der Waals surface area contributed by atoms with E-state index in [1.807, 2.05) is 20.8 Å². The normalized spacial score (nSPS) is 10.4. The number of halogens is 1. The number of benzene rings is 1. The van der Waals surface area contributed by atoms with Crippen molar-refractivity contribution in [3.63, 3.8) is 0 Å². The molecule has 3 heteroatoms. The fraction of sp³-hybridized carbons (Fsp3) is 0.400. The summed E-state index contributed by atoms with van der Waals surface area (Å²) in [6.45, 7) is 6.07. The predicted octanol–water partition coefficient (Wildman–Crippen LogP) is 3.73. The van der Waals surface area contributed by atoms with Crippen LogP contribution in [0.4, 0.5) is 0 Å². The molecule has 0 N–H and O–H groups in total. The highest BCUT2D eigenvalue weighted by Gasteiger charge is 2.05. The maximum Gasteiger partial charge on any atom is 0.182 e. The zero-order valence-electron chi connectivity index (χ0n) is 10.9. The van der Waals surface area contributed by atoms with Crippen LogP contribution in [-0.4, -0.2) is 12.4 Å². The van der Waals surface area contributed by atoms with Gasteiger partial charge in [0.05, 0.1) is 6.42 Å². The van der Waals surface area contributed by atoms with Crippen LogP contribution in [0.1, 0.15) is 27.2 Å². The van der Waals surface area contributed by atoms with Gasteiger partial charge in [-0.2, -0.15) is 0 Å². The summed E-state index contributed by atoms with van der Waals surface area (Å²) in [5, 5.41) is 0.643. The summed E-state index contributed by atoms with van der Waals surface area (Å²) in [4.78, 5) is 11.5. The van der Waals surface area contributed by atoms with E-state index in [0.29, 0.717) is 10.8 Å². The molecule has 0 aliphatic carbocycles. The lowest BCUT2D eigenvalue weighted by atomic mass is 9.98. The van der Waals surface area contributed by atoms with Gasteiger partial charge in [0, 0.05) is 10.4 Å². The SMILES string of the molecule is CC(C)(C)C#CCC(=O)COc1ccc(Cl)cc1. The third-order valence-corrected chi connectivity index (χ3v) is 2.21. The minimum Gasteiger partial charge on any atom is -0.486 e. The Hall–Kier alpha value is -1.46. The van der Waals surface area contributed by atoms with E-state index in [0.717, 1.165) is 0 Å². The minimum absolute atomic E-state index is 0.0262. The van der Waals surface area contributed by atoms with Crippen LogP contribution in [0.2, 0.25) is 5.02 Å². The standard InChI is InChI=1S/C15H17ClO2/c1-15(2,3)10-4-5-13(17)11-18-14-8-6-12(16)7-9-14/h6-9H,5,11H2,1-3H3. The summed E-state index contributed by atoms with van der Waals surface area (Å²) in [6.07, 6.45) is 0.227. The Balaban J connectivity index is 2.37. The highest BCUT2D eigenvalue weighted by Crippen LogP contribution is 2.15. The summed E-state index contributed by atoms with van der Waals surface area (Å²) in [7, 11) is 0. The van der Waals surface area contributed by atoms with Crippen LogP contribution in [-0.2, 0) is 4.79 Å². The van der Waals surface area contributed by atoms with Gasteiger partial charge in [0.25, 0.3) is 0 Å². The van der Waals surface area contributed by atoms with E-state index in [4.69, 9.17) is 16.3 Å². The first-order valence-electron chi connectivity index (χ1n) is 5.77. The summed E-state index contributed by atoms with van der Waals surface area (Å²) in [5.74, 6) is 6.49. The van der Waals surface area contributed by atoms with Crippen molar-refractivity contribution in [1.82, 2.24) is 0 Å². The second kappa shape index (κ2) is 6.47. The van der Waals surface area contributed by atoms with Crippen LogP contribution in [0.25, 0.3) is 0 Å². The number of ether oxygens (including phenoxy) is 1. The van der Waals surface area contributed by atoms with Crippen LogP contribution in [0.5, 0.6) is 5.75 Å². The van der Waals surface area contributed by atoms with Crippen molar-refractivity contribution >= 4 is 17.4 Å². The summed E-state index contributed by atoms with van der Waals surface area (Å²) in [5.41, 5.74) is -0.0721. The molecular weight excluding hydrogens is 248 g/mol. The lowest BCUT2D eigenvalue weighted by Crippen LogP contribution is -2.10. The average Bonchev–Trinajstić information content (AvgIpc) is 2.26. The molecule has 0 aromatic heterocycles. The molecule has 0 radical (unpaired) electrons. The molecular formula is C15H17ClO2. The Morgan fingerprint density at radius 3 is 2.44 bits per heavy atom. The van der Waals surface area contributed by atoms with Crippen molar-refractivity contribution in [2.24, 2.45) is 5.41 Å². The molecule has 0 spiro atoms. The van der Waals surface area contributed by atoms with E-state index in [-0.39, 0.29) is 24.2 Å². The lowest BCUT2D eigenvalue weighted by Gasteiger charge is -2.07. The van der Waals surface area contributed by atoms with Gasteiger partial charge in [-0.05, 0) is 45.0 Å². The molecule has 0 bridgehead atoms. The number of hydrogen-bond acceptors (Lipinski definition) is 2. The van der Waals surface area contributed by atoms with Gasteiger partial charge in [0.15, 0.2) is 5.78 Å². The Bertz CT molecular complexity index is 458. The molecule has 96 valence electrons. The molecule has 0 unspecified atom stereocenters. The molecule has 2 nitrogen and oxygen atoms in total. The lowest BCUT2D eigenvalue weighted by molar-refractivity contribution is -0.120. The van der Waals surface area contributed by atoms with E-state index in [1.54, 1.807) is 24.3 Å². The molecule has 0 aliphatic heterocycles. The average molecular weight is 265 g/mol. The topological polar surface area (TPSA) is 26.3 Å². The molecule has 0 saturated heterocycles. The fourth-order valence-electron chi connectivity index (χ4n) is 1.15. The second-order valence-corrected chi connectivity index (χ2v) is 5.45. The summed E-state index contributed by atoms with van der Waals surface area (Å²) in [6, 6.07) is 6.91. The van der Waals surface area contributed by atoms with Gasteiger partial charge in [0.1, 0.15) is 12.4 Å². The zero-order valence-corrected chi connectivity index (χ0v) is 11.7. The number of carbonyl (C=O) groups excluding carboxylic acids is 1. The highest BCUT2D eigenvalue weighted by atomic mass is 35.5. The molecule has 0 heterocycles. The molecule has 0 fully saturated rings. The van der Waals surface area contributed by atoms with Gasteiger partial charge in [0.2, 0.25) is 0 Å². The van der Waals surface area contributed by atoms with Crippen LogP contribution in [0.3, 0.4) is 0 Å².